The number of esters is 1. The summed E-state index contributed by atoms with van der Waals surface area (Å²) in [5.41, 5.74) is 0.0732. The lowest BCUT2D eigenvalue weighted by molar-refractivity contribution is -0.146. The monoisotopic (exact) mass is 402 g/mol. The van der Waals surface area contributed by atoms with Crippen molar-refractivity contribution in [3.63, 3.8) is 0 Å². The first kappa shape index (κ1) is 23.5. The van der Waals surface area contributed by atoms with Crippen molar-refractivity contribution in [1.29, 1.82) is 0 Å². The number of methoxy groups -OCH3 is 1. The average Bonchev–Trinajstić information content (AvgIpc) is 2.61. The third kappa shape index (κ3) is 6.91. The van der Waals surface area contributed by atoms with Crippen molar-refractivity contribution in [2.75, 3.05) is 20.3 Å². The van der Waals surface area contributed by atoms with Crippen LogP contribution in [0.4, 0.5) is 0 Å². The van der Waals surface area contributed by atoms with Gasteiger partial charge in [0.2, 0.25) is 11.8 Å². The molecule has 0 unspecified atom stereocenters. The van der Waals surface area contributed by atoms with Crippen molar-refractivity contribution in [1.82, 2.24) is 10.6 Å². The highest BCUT2D eigenvalue weighted by molar-refractivity contribution is 5.96. The summed E-state index contributed by atoms with van der Waals surface area (Å²) < 4.78 is 9.30. The van der Waals surface area contributed by atoms with Crippen molar-refractivity contribution in [3.8, 4) is 0 Å². The summed E-state index contributed by atoms with van der Waals surface area (Å²) in [5.74, 6) is -3.50. The number of rotatable bonds is 9. The maximum Gasteiger partial charge on any atom is 0.329 e. The fraction of sp³-hybridized carbons (Fsp3) is 0.647. The van der Waals surface area contributed by atoms with Crippen molar-refractivity contribution in [2.24, 2.45) is 5.92 Å². The van der Waals surface area contributed by atoms with Gasteiger partial charge in [0.25, 0.3) is 0 Å². The molecule has 0 radical (unpaired) electrons. The molecule has 0 heterocycles. The Balaban J connectivity index is 2.83. The number of nitrogens with one attached hydrogen (secondary N) is 2. The Bertz CT molecular complexity index is 632. The molecule has 0 aliphatic heterocycles. The minimum absolute atomic E-state index is 0.0732. The highest BCUT2D eigenvalue weighted by Gasteiger charge is 2.35. The number of ether oxygens (including phenoxy) is 2. The van der Waals surface area contributed by atoms with Gasteiger partial charge < -0.3 is 35.4 Å². The second-order valence-corrected chi connectivity index (χ2v) is 6.65. The first-order chi connectivity index (χ1) is 13.1. The number of carbonyl (C=O) groups is 4. The molecule has 4 atom stereocenters. The Morgan fingerprint density at radius 2 is 1.86 bits per heavy atom. The number of amides is 2. The molecule has 0 saturated carbocycles. The zero-order chi connectivity index (χ0) is 21.4. The Labute approximate surface area is 161 Å². The maximum absolute atomic E-state index is 12.5. The van der Waals surface area contributed by atoms with Crippen LogP contribution in [-0.4, -0.2) is 83.7 Å². The standard InChI is InChI=1S/C17H26N2O9/c1-8(2)14(17(26)27-3)19-16(25)9-4-10(15(24)11(20)5-9)18-12(21)6-28-7-13(22)23/h4,8,10-11,14-15,20,24H,5-7H2,1-3H3,(H,18,21)(H,19,25)(H,22,23)/t10-,11-,14-,15-/m1/s1. The number of aliphatic hydroxyl groups is 2. The molecule has 0 bridgehead atoms. The molecular weight excluding hydrogens is 376 g/mol. The zero-order valence-corrected chi connectivity index (χ0v) is 15.9. The molecule has 0 aromatic heterocycles. The summed E-state index contributed by atoms with van der Waals surface area (Å²) in [6.07, 6.45) is -1.61. The van der Waals surface area contributed by atoms with Crippen LogP contribution < -0.4 is 10.6 Å². The molecular formula is C17H26N2O9. The first-order valence-electron chi connectivity index (χ1n) is 8.61. The number of hydrogen-bond acceptors (Lipinski definition) is 8. The van der Waals surface area contributed by atoms with Gasteiger partial charge in [0.15, 0.2) is 0 Å². The van der Waals surface area contributed by atoms with Crippen LogP contribution >= 0.6 is 0 Å². The number of carboxylic acids is 1. The second-order valence-electron chi connectivity index (χ2n) is 6.65. The quantitative estimate of drug-likeness (QED) is 0.272. The molecule has 1 aliphatic rings. The Morgan fingerprint density at radius 3 is 2.39 bits per heavy atom. The molecule has 2 amide bonds. The van der Waals surface area contributed by atoms with E-state index >= 15 is 0 Å². The molecule has 0 fully saturated rings. The van der Waals surface area contributed by atoms with Crippen LogP contribution in [0, 0.1) is 5.92 Å². The first-order valence-corrected chi connectivity index (χ1v) is 8.61. The van der Waals surface area contributed by atoms with Crippen molar-refractivity contribution < 1.29 is 44.0 Å². The highest BCUT2D eigenvalue weighted by atomic mass is 16.5. The van der Waals surface area contributed by atoms with E-state index in [4.69, 9.17) is 5.11 Å². The summed E-state index contributed by atoms with van der Waals surface area (Å²) in [6.45, 7) is 2.20. The van der Waals surface area contributed by atoms with Gasteiger partial charge in [-0.15, -0.1) is 0 Å². The van der Waals surface area contributed by atoms with Crippen molar-refractivity contribution >= 4 is 23.8 Å². The molecule has 0 spiro atoms. The van der Waals surface area contributed by atoms with Crippen LogP contribution in [0.3, 0.4) is 0 Å². The third-order valence-corrected chi connectivity index (χ3v) is 4.06. The van der Waals surface area contributed by atoms with Gasteiger partial charge in [-0.05, 0) is 5.92 Å². The Hall–Kier alpha value is -2.50. The topological polar surface area (TPSA) is 171 Å². The van der Waals surface area contributed by atoms with E-state index in [1.54, 1.807) is 13.8 Å². The summed E-state index contributed by atoms with van der Waals surface area (Å²) >= 11 is 0. The number of carbonyl (C=O) groups excluding carboxylic acids is 3. The minimum atomic E-state index is -1.37. The largest absolute Gasteiger partial charge is 0.480 e. The zero-order valence-electron chi connectivity index (χ0n) is 15.9. The Morgan fingerprint density at radius 1 is 1.21 bits per heavy atom. The van der Waals surface area contributed by atoms with E-state index in [2.05, 4.69) is 20.1 Å². The van der Waals surface area contributed by atoms with Gasteiger partial charge in [-0.1, -0.05) is 19.9 Å². The summed E-state index contributed by atoms with van der Waals surface area (Å²) in [4.78, 5) is 46.4. The van der Waals surface area contributed by atoms with Gasteiger partial charge in [-0.3, -0.25) is 9.59 Å². The van der Waals surface area contributed by atoms with E-state index in [1.165, 1.54) is 13.2 Å². The smallest absolute Gasteiger partial charge is 0.329 e. The number of aliphatic carboxylic acids is 1. The maximum atomic E-state index is 12.5. The van der Waals surface area contributed by atoms with Crippen molar-refractivity contribution in [3.05, 3.63) is 11.6 Å². The van der Waals surface area contributed by atoms with Gasteiger partial charge in [-0.25, -0.2) is 9.59 Å². The van der Waals surface area contributed by atoms with Crippen LogP contribution in [0.2, 0.25) is 0 Å². The molecule has 0 saturated heterocycles. The van der Waals surface area contributed by atoms with Crippen LogP contribution in [0.25, 0.3) is 0 Å². The molecule has 1 rings (SSSR count). The predicted octanol–water partition coefficient (Wildman–Crippen LogP) is -2.06. The fourth-order valence-electron chi connectivity index (χ4n) is 2.58. The van der Waals surface area contributed by atoms with Crippen LogP contribution in [0.5, 0.6) is 0 Å². The van der Waals surface area contributed by atoms with Crippen LogP contribution in [-0.2, 0) is 28.7 Å². The van der Waals surface area contributed by atoms with E-state index in [9.17, 15) is 29.4 Å². The molecule has 11 nitrogen and oxygen atoms in total. The third-order valence-electron chi connectivity index (χ3n) is 4.06. The van der Waals surface area contributed by atoms with Gasteiger partial charge in [0, 0.05) is 12.0 Å². The van der Waals surface area contributed by atoms with E-state index in [0.717, 1.165) is 0 Å². The normalized spacial score (nSPS) is 22.8. The minimum Gasteiger partial charge on any atom is -0.480 e. The van der Waals surface area contributed by atoms with Gasteiger partial charge in [-0.2, -0.15) is 0 Å². The molecule has 11 heteroatoms. The van der Waals surface area contributed by atoms with Gasteiger partial charge in [0.1, 0.15) is 25.4 Å². The van der Waals surface area contributed by atoms with E-state index in [0.29, 0.717) is 0 Å². The van der Waals surface area contributed by atoms with Crippen LogP contribution in [0.1, 0.15) is 20.3 Å². The Kier molecular flexibility index (Phi) is 9.03. The lowest BCUT2D eigenvalue weighted by Crippen LogP contribution is -2.52. The average molecular weight is 402 g/mol. The van der Waals surface area contributed by atoms with Crippen molar-refractivity contribution in [2.45, 2.75) is 44.6 Å². The molecule has 0 aromatic rings. The molecule has 0 aromatic carbocycles. The molecule has 5 N–H and O–H groups in total. The summed E-state index contributed by atoms with van der Waals surface area (Å²) in [6, 6.07) is -2.00. The van der Waals surface area contributed by atoms with E-state index in [1.807, 2.05) is 0 Å². The molecule has 28 heavy (non-hydrogen) atoms. The van der Waals surface area contributed by atoms with Gasteiger partial charge in [0.05, 0.1) is 19.3 Å². The summed E-state index contributed by atoms with van der Waals surface area (Å²) in [5, 5.41) is 33.4. The lowest BCUT2D eigenvalue weighted by Gasteiger charge is -2.31. The highest BCUT2D eigenvalue weighted by Crippen LogP contribution is 2.20. The van der Waals surface area contributed by atoms with E-state index in [-0.39, 0.29) is 17.9 Å². The molecule has 1 aliphatic carbocycles. The fourth-order valence-corrected chi connectivity index (χ4v) is 2.58. The SMILES string of the molecule is COC(=O)[C@H](NC(=O)C1=C[C@@H](NC(=O)COCC(=O)O)[C@@H](O)[C@H](O)C1)C(C)C. The van der Waals surface area contributed by atoms with E-state index < -0.39 is 61.3 Å². The number of hydrogen-bond donors (Lipinski definition) is 5. The lowest BCUT2D eigenvalue weighted by atomic mass is 9.89. The summed E-state index contributed by atoms with van der Waals surface area (Å²) in [7, 11) is 1.20. The molecule has 158 valence electrons. The predicted molar refractivity (Wildman–Crippen MR) is 93.9 cm³/mol. The number of carboxylic acid groups (broad SMARTS) is 1. The van der Waals surface area contributed by atoms with Gasteiger partial charge >= 0.3 is 11.9 Å². The number of aliphatic hydroxyl groups excluding tert-OH is 2. The second kappa shape index (κ2) is 10.7. The van der Waals surface area contributed by atoms with Crippen LogP contribution in [0.15, 0.2) is 11.6 Å².